The van der Waals surface area contributed by atoms with Crippen LogP contribution in [0.15, 0.2) is 24.3 Å². The van der Waals surface area contributed by atoms with Crippen LogP contribution in [-0.2, 0) is 33.2 Å². The lowest BCUT2D eigenvalue weighted by Crippen LogP contribution is -2.61. The lowest BCUT2D eigenvalue weighted by molar-refractivity contribution is -0.332. The van der Waals surface area contributed by atoms with Crippen LogP contribution in [-0.4, -0.2) is 142 Å². The first kappa shape index (κ1) is 67.6. The molecule has 2 aliphatic rings. The Morgan fingerprint density at radius 3 is 1.32 bits per heavy atom. The van der Waals surface area contributed by atoms with Gasteiger partial charge in [-0.05, 0) is 44.9 Å². The van der Waals surface area contributed by atoms with Crippen LogP contribution in [0.2, 0.25) is 0 Å². The summed E-state index contributed by atoms with van der Waals surface area (Å²) >= 11 is 0. The van der Waals surface area contributed by atoms with Crippen LogP contribution >= 0.6 is 0 Å². The van der Waals surface area contributed by atoms with Crippen molar-refractivity contribution in [2.75, 3.05) is 33.0 Å². The van der Waals surface area contributed by atoms with Crippen LogP contribution < -0.4 is 0 Å². The molecule has 0 amide bonds. The Kier molecular flexibility index (Phi) is 43.1. The quantitative estimate of drug-likeness (QED) is 0.0172. The smallest absolute Gasteiger partial charge is 0.306 e. The minimum absolute atomic E-state index is 0.0659. The Morgan fingerprint density at radius 1 is 0.452 bits per heavy atom. The first-order chi connectivity index (χ1) is 35.6. The number of aliphatic hydroxyl groups excluding tert-OH is 7. The normalized spacial score (nSPS) is 25.1. The maximum atomic E-state index is 13.1. The van der Waals surface area contributed by atoms with Crippen molar-refractivity contribution in [3.8, 4) is 0 Å². The SMILES string of the molecule is CCCCCCC/C=C\C/C=C\CCCCCCCCCCCCCC(=O)OC(COCCCCCCCCCCCCCCCCCC)COC1OC(COC2OC(CO)C(O)C(O)C2O)C(O)C(O)C1O. The summed E-state index contributed by atoms with van der Waals surface area (Å²) in [6, 6.07) is 0. The fraction of sp³-hybridized carbons (Fsp3) is 0.915. The summed E-state index contributed by atoms with van der Waals surface area (Å²) in [4.78, 5) is 13.1. The first-order valence-electron chi connectivity index (χ1n) is 29.9. The van der Waals surface area contributed by atoms with Gasteiger partial charge in [-0.2, -0.15) is 0 Å². The van der Waals surface area contributed by atoms with E-state index in [1.54, 1.807) is 0 Å². The summed E-state index contributed by atoms with van der Waals surface area (Å²) in [5.74, 6) is -0.373. The Bertz CT molecular complexity index is 1300. The highest BCUT2D eigenvalue weighted by atomic mass is 16.7. The molecule has 0 bridgehead atoms. The highest BCUT2D eigenvalue weighted by molar-refractivity contribution is 5.69. The minimum atomic E-state index is -1.70. The maximum absolute atomic E-state index is 13.1. The molecule has 0 aromatic rings. The summed E-state index contributed by atoms with van der Waals surface area (Å²) < 4.78 is 34.4. The second kappa shape index (κ2) is 46.6. The van der Waals surface area contributed by atoms with Gasteiger partial charge in [-0.1, -0.05) is 218 Å². The van der Waals surface area contributed by atoms with E-state index in [0.29, 0.717) is 13.0 Å². The number of hydrogen-bond donors (Lipinski definition) is 7. The third kappa shape index (κ3) is 33.4. The van der Waals surface area contributed by atoms with Gasteiger partial charge < -0.3 is 64.2 Å². The van der Waals surface area contributed by atoms with E-state index in [4.69, 9.17) is 28.4 Å². The van der Waals surface area contributed by atoms with Gasteiger partial charge in [-0.15, -0.1) is 0 Å². The number of carbonyl (C=O) groups excluding carboxylic acids is 1. The van der Waals surface area contributed by atoms with Crippen molar-refractivity contribution in [2.24, 2.45) is 0 Å². The van der Waals surface area contributed by atoms with Crippen LogP contribution in [0.3, 0.4) is 0 Å². The fourth-order valence-electron chi connectivity index (χ4n) is 9.61. The molecule has 430 valence electrons. The molecule has 0 saturated carbocycles. The number of unbranched alkanes of at least 4 members (excludes halogenated alkanes) is 31. The van der Waals surface area contributed by atoms with Crippen molar-refractivity contribution >= 4 is 5.97 Å². The van der Waals surface area contributed by atoms with Crippen LogP contribution in [0.1, 0.15) is 245 Å². The van der Waals surface area contributed by atoms with Gasteiger partial charge in [-0.3, -0.25) is 4.79 Å². The van der Waals surface area contributed by atoms with Gasteiger partial charge in [0.15, 0.2) is 12.6 Å². The number of esters is 1. The first-order valence-corrected chi connectivity index (χ1v) is 29.9. The van der Waals surface area contributed by atoms with Gasteiger partial charge in [0.05, 0.1) is 26.4 Å². The van der Waals surface area contributed by atoms with Crippen LogP contribution in [0.5, 0.6) is 0 Å². The van der Waals surface area contributed by atoms with E-state index in [-0.39, 0.29) is 25.6 Å². The average Bonchev–Trinajstić information content (AvgIpc) is 3.39. The molecule has 0 aliphatic carbocycles. The molecule has 14 nitrogen and oxygen atoms in total. The molecule has 0 spiro atoms. The molecule has 0 radical (unpaired) electrons. The molecule has 14 heteroatoms. The van der Waals surface area contributed by atoms with E-state index >= 15 is 0 Å². The van der Waals surface area contributed by atoms with E-state index in [1.807, 2.05) is 0 Å². The summed E-state index contributed by atoms with van der Waals surface area (Å²) in [6.45, 7) is 3.73. The van der Waals surface area contributed by atoms with Crippen LogP contribution in [0.25, 0.3) is 0 Å². The minimum Gasteiger partial charge on any atom is -0.457 e. The molecule has 2 aliphatic heterocycles. The molecule has 2 heterocycles. The van der Waals surface area contributed by atoms with E-state index in [9.17, 15) is 40.5 Å². The number of ether oxygens (including phenoxy) is 6. The van der Waals surface area contributed by atoms with Gasteiger partial charge in [0.25, 0.3) is 0 Å². The molecule has 7 N–H and O–H groups in total. The Hall–Kier alpha value is -1.53. The summed E-state index contributed by atoms with van der Waals surface area (Å²) in [6.07, 6.45) is 36.6. The number of aliphatic hydroxyl groups is 7. The van der Waals surface area contributed by atoms with Gasteiger partial charge in [0.2, 0.25) is 0 Å². The number of hydrogen-bond acceptors (Lipinski definition) is 14. The third-order valence-corrected chi connectivity index (χ3v) is 14.5. The highest BCUT2D eigenvalue weighted by Gasteiger charge is 2.47. The predicted molar refractivity (Wildman–Crippen MR) is 289 cm³/mol. The fourth-order valence-corrected chi connectivity index (χ4v) is 9.61. The Balaban J connectivity index is 1.69. The largest absolute Gasteiger partial charge is 0.457 e. The molecular weight excluding hydrogens is 933 g/mol. The molecule has 73 heavy (non-hydrogen) atoms. The molecular formula is C59H110O14. The zero-order chi connectivity index (χ0) is 53.0. The van der Waals surface area contributed by atoms with Gasteiger partial charge in [0, 0.05) is 13.0 Å². The summed E-state index contributed by atoms with van der Waals surface area (Å²) in [7, 11) is 0. The van der Waals surface area contributed by atoms with E-state index in [2.05, 4.69) is 38.2 Å². The van der Waals surface area contributed by atoms with Gasteiger partial charge in [-0.25, -0.2) is 0 Å². The Labute approximate surface area is 443 Å². The molecule has 11 unspecified atom stereocenters. The number of allylic oxidation sites excluding steroid dienone is 4. The molecule has 2 rings (SSSR count). The van der Waals surface area contributed by atoms with Crippen molar-refractivity contribution in [3.05, 3.63) is 24.3 Å². The highest BCUT2D eigenvalue weighted by Crippen LogP contribution is 2.27. The van der Waals surface area contributed by atoms with Crippen molar-refractivity contribution in [2.45, 2.75) is 313 Å². The predicted octanol–water partition coefficient (Wildman–Crippen LogP) is 10.8. The zero-order valence-electron chi connectivity index (χ0n) is 46.1. The van der Waals surface area contributed by atoms with Crippen molar-refractivity contribution < 1.29 is 69.0 Å². The van der Waals surface area contributed by atoms with Crippen LogP contribution in [0.4, 0.5) is 0 Å². The third-order valence-electron chi connectivity index (χ3n) is 14.5. The molecule has 0 aromatic carbocycles. The maximum Gasteiger partial charge on any atom is 0.306 e. The molecule has 2 fully saturated rings. The monoisotopic (exact) mass is 1040 g/mol. The lowest BCUT2D eigenvalue weighted by atomic mass is 9.98. The van der Waals surface area contributed by atoms with Crippen molar-refractivity contribution in [1.82, 2.24) is 0 Å². The second-order valence-corrected chi connectivity index (χ2v) is 21.2. The average molecular weight is 1040 g/mol. The number of carbonyl (C=O) groups is 1. The topological polar surface area (TPSA) is 214 Å². The molecule has 0 aromatic heterocycles. The van der Waals surface area contributed by atoms with Gasteiger partial charge >= 0.3 is 5.97 Å². The van der Waals surface area contributed by atoms with E-state index in [0.717, 1.165) is 44.9 Å². The lowest BCUT2D eigenvalue weighted by Gasteiger charge is -2.42. The van der Waals surface area contributed by atoms with Crippen LogP contribution in [0, 0.1) is 0 Å². The standard InChI is InChI=1S/C59H110O14/c1-3-5-7-9-11-13-15-17-19-21-22-23-24-25-26-27-28-30-32-34-36-38-40-42-51(61)71-48(45-68-43-41-39-37-35-33-31-29-20-18-16-14-12-10-8-6-4-2)46-69-58-57(67)55(65)53(63)50(73-58)47-70-59-56(66)54(64)52(62)49(44-60)72-59/h15,17,21-22,48-50,52-60,62-67H,3-14,16,18-20,23-47H2,1-2H3/b17-15-,22-21-. The Morgan fingerprint density at radius 2 is 0.849 bits per heavy atom. The molecule has 2 saturated heterocycles. The van der Waals surface area contributed by atoms with E-state index in [1.165, 1.54) is 173 Å². The van der Waals surface area contributed by atoms with E-state index < -0.39 is 80.7 Å². The number of rotatable bonds is 49. The zero-order valence-corrected chi connectivity index (χ0v) is 46.1. The summed E-state index contributed by atoms with van der Waals surface area (Å²) in [5.41, 5.74) is 0. The van der Waals surface area contributed by atoms with Gasteiger partial charge in [0.1, 0.15) is 54.9 Å². The summed E-state index contributed by atoms with van der Waals surface area (Å²) in [5, 5.41) is 72.3. The second-order valence-electron chi connectivity index (χ2n) is 21.2. The van der Waals surface area contributed by atoms with Crippen molar-refractivity contribution in [3.63, 3.8) is 0 Å². The molecule has 11 atom stereocenters. The van der Waals surface area contributed by atoms with Crippen molar-refractivity contribution in [1.29, 1.82) is 0 Å².